The molecule has 0 amide bonds. The minimum absolute atomic E-state index is 0.0694. The topological polar surface area (TPSA) is 51.2 Å². The number of benzene rings is 1. The van der Waals surface area contributed by atoms with Crippen LogP contribution in [0.5, 0.6) is 0 Å². The summed E-state index contributed by atoms with van der Waals surface area (Å²) >= 11 is 9.34. The zero-order valence-corrected chi connectivity index (χ0v) is 15.4. The Morgan fingerprint density at radius 1 is 1.33 bits per heavy atom. The monoisotopic (exact) mass is 408 g/mol. The number of carbonyl (C=O) groups is 1. The second kappa shape index (κ2) is 8.21. The third-order valence-corrected chi connectivity index (χ3v) is 4.92. The summed E-state index contributed by atoms with van der Waals surface area (Å²) in [7, 11) is 0. The van der Waals surface area contributed by atoms with Gasteiger partial charge in [-0.25, -0.2) is 4.98 Å². The molecular weight excluding hydrogens is 392 g/mol. The molecule has 2 aromatic rings. The van der Waals surface area contributed by atoms with Crippen LogP contribution in [0.4, 0.5) is 0 Å². The highest BCUT2D eigenvalue weighted by molar-refractivity contribution is 9.10. The summed E-state index contributed by atoms with van der Waals surface area (Å²) in [5.41, 5.74) is 2.97. The van der Waals surface area contributed by atoms with Crippen molar-refractivity contribution >= 4 is 33.3 Å². The summed E-state index contributed by atoms with van der Waals surface area (Å²) in [6, 6.07) is 9.61. The average Bonchev–Trinajstić information content (AvgIpc) is 2.59. The van der Waals surface area contributed by atoms with Gasteiger partial charge >= 0.3 is 0 Å². The third kappa shape index (κ3) is 4.63. The average molecular weight is 410 g/mol. The van der Waals surface area contributed by atoms with Gasteiger partial charge in [0.05, 0.1) is 12.7 Å². The normalized spacial score (nSPS) is 17.7. The molecule has 1 N–H and O–H groups in total. The fraction of sp³-hybridized carbons (Fsp3) is 0.333. The van der Waals surface area contributed by atoms with Crippen LogP contribution in [-0.2, 0) is 22.4 Å². The van der Waals surface area contributed by atoms with E-state index in [1.165, 1.54) is 0 Å². The van der Waals surface area contributed by atoms with Crippen molar-refractivity contribution in [2.75, 3.05) is 19.7 Å². The Labute approximate surface area is 154 Å². The van der Waals surface area contributed by atoms with Crippen LogP contribution in [0, 0.1) is 0 Å². The number of hydrogen-bond donors (Lipinski definition) is 1. The van der Waals surface area contributed by atoms with Gasteiger partial charge in [-0.3, -0.25) is 4.79 Å². The van der Waals surface area contributed by atoms with E-state index in [0.717, 1.165) is 40.9 Å². The van der Waals surface area contributed by atoms with Gasteiger partial charge in [0.2, 0.25) is 0 Å². The number of morpholine rings is 1. The lowest BCUT2D eigenvalue weighted by molar-refractivity contribution is -0.117. The first-order valence-electron chi connectivity index (χ1n) is 7.84. The quantitative estimate of drug-likeness (QED) is 0.768. The van der Waals surface area contributed by atoms with Gasteiger partial charge in [0.15, 0.2) is 0 Å². The van der Waals surface area contributed by atoms with E-state index in [4.69, 9.17) is 16.3 Å². The third-order valence-electron chi connectivity index (χ3n) is 3.95. The zero-order chi connectivity index (χ0) is 16.9. The minimum atomic E-state index is 0.0694. The van der Waals surface area contributed by atoms with E-state index < -0.39 is 0 Å². The van der Waals surface area contributed by atoms with Gasteiger partial charge < -0.3 is 10.1 Å². The lowest BCUT2D eigenvalue weighted by Gasteiger charge is -2.24. The van der Waals surface area contributed by atoms with E-state index in [-0.39, 0.29) is 11.9 Å². The molecule has 1 aliphatic rings. The first kappa shape index (κ1) is 17.5. The van der Waals surface area contributed by atoms with E-state index in [1.807, 2.05) is 24.3 Å². The molecule has 0 saturated carbocycles. The maximum absolute atomic E-state index is 12.3. The second-order valence-electron chi connectivity index (χ2n) is 5.80. The van der Waals surface area contributed by atoms with E-state index >= 15 is 0 Å². The summed E-state index contributed by atoms with van der Waals surface area (Å²) in [4.78, 5) is 16.3. The molecule has 0 spiro atoms. The van der Waals surface area contributed by atoms with Crippen molar-refractivity contribution in [3.05, 3.63) is 62.8 Å². The molecule has 4 nitrogen and oxygen atoms in total. The molecular formula is C18H18BrClN2O2. The van der Waals surface area contributed by atoms with Crippen molar-refractivity contribution in [1.82, 2.24) is 10.3 Å². The lowest BCUT2D eigenvalue weighted by atomic mass is 10.0. The first-order valence-corrected chi connectivity index (χ1v) is 9.01. The largest absolute Gasteiger partial charge is 0.371 e. The standard InChI is InChI=1S/C18H18BrClN2O2/c19-16-9-14(17-11-21-5-6-24-17)3-2-13(16)8-15(23)7-12-1-4-18(20)22-10-12/h1-4,9-10,17,21H,5-8,11H2. The molecule has 0 aliphatic carbocycles. The first-order chi connectivity index (χ1) is 11.6. The van der Waals surface area contributed by atoms with Crippen molar-refractivity contribution in [3.8, 4) is 0 Å². The van der Waals surface area contributed by atoms with Crippen molar-refractivity contribution in [1.29, 1.82) is 0 Å². The summed E-state index contributed by atoms with van der Waals surface area (Å²) in [6.07, 6.45) is 2.45. The zero-order valence-electron chi connectivity index (χ0n) is 13.1. The van der Waals surface area contributed by atoms with Crippen LogP contribution in [0.1, 0.15) is 22.8 Å². The van der Waals surface area contributed by atoms with E-state index in [9.17, 15) is 4.79 Å². The second-order valence-corrected chi connectivity index (χ2v) is 7.04. The Balaban J connectivity index is 1.64. The van der Waals surface area contributed by atoms with Gasteiger partial charge in [-0.2, -0.15) is 0 Å². The number of pyridine rings is 1. The van der Waals surface area contributed by atoms with Crippen LogP contribution in [0.2, 0.25) is 5.15 Å². The van der Waals surface area contributed by atoms with Gasteiger partial charge in [-0.05, 0) is 28.8 Å². The predicted molar refractivity (Wildman–Crippen MR) is 97.4 cm³/mol. The SMILES string of the molecule is O=C(Cc1ccc(Cl)nc1)Cc1ccc(C2CNCCO2)cc1Br. The molecule has 1 fully saturated rings. The predicted octanol–water partition coefficient (Wildman–Crippen LogP) is 3.51. The molecule has 2 heterocycles. The van der Waals surface area contributed by atoms with Crippen LogP contribution in [0.25, 0.3) is 0 Å². The highest BCUT2D eigenvalue weighted by atomic mass is 79.9. The molecule has 1 atom stereocenters. The summed E-state index contributed by atoms with van der Waals surface area (Å²) in [5.74, 6) is 0.142. The fourth-order valence-electron chi connectivity index (χ4n) is 2.70. The molecule has 1 saturated heterocycles. The Morgan fingerprint density at radius 2 is 2.21 bits per heavy atom. The smallest absolute Gasteiger partial charge is 0.141 e. The van der Waals surface area contributed by atoms with Crippen molar-refractivity contribution in [3.63, 3.8) is 0 Å². The number of nitrogens with one attached hydrogen (secondary N) is 1. The van der Waals surface area contributed by atoms with Crippen LogP contribution in [0.3, 0.4) is 0 Å². The molecule has 1 unspecified atom stereocenters. The number of hydrogen-bond acceptors (Lipinski definition) is 4. The highest BCUT2D eigenvalue weighted by Crippen LogP contribution is 2.26. The molecule has 1 aromatic heterocycles. The van der Waals surface area contributed by atoms with E-state index in [0.29, 0.717) is 18.0 Å². The number of rotatable bonds is 5. The van der Waals surface area contributed by atoms with E-state index in [1.54, 1.807) is 12.3 Å². The van der Waals surface area contributed by atoms with Crippen LogP contribution >= 0.6 is 27.5 Å². The number of ether oxygens (including phenoxy) is 1. The molecule has 126 valence electrons. The number of nitrogens with zero attached hydrogens (tertiary/aromatic N) is 1. The number of halogens is 2. The van der Waals surface area contributed by atoms with Gasteiger partial charge in [0, 0.05) is 36.6 Å². The molecule has 6 heteroatoms. The van der Waals surface area contributed by atoms with Crippen molar-refractivity contribution in [2.45, 2.75) is 18.9 Å². The Morgan fingerprint density at radius 3 is 2.88 bits per heavy atom. The summed E-state index contributed by atoms with van der Waals surface area (Å²) in [6.45, 7) is 2.43. The lowest BCUT2D eigenvalue weighted by Crippen LogP contribution is -2.33. The Hall–Kier alpha value is -1.27. The van der Waals surface area contributed by atoms with Crippen LogP contribution in [-0.4, -0.2) is 30.5 Å². The molecule has 1 aromatic carbocycles. The maximum Gasteiger partial charge on any atom is 0.141 e. The summed E-state index contributed by atoms with van der Waals surface area (Å²) in [5, 5.41) is 3.76. The van der Waals surface area contributed by atoms with Crippen LogP contribution in [0.15, 0.2) is 41.0 Å². The van der Waals surface area contributed by atoms with Crippen LogP contribution < -0.4 is 5.32 Å². The molecule has 0 bridgehead atoms. The molecule has 3 rings (SSSR count). The molecule has 0 radical (unpaired) electrons. The molecule has 24 heavy (non-hydrogen) atoms. The van der Waals surface area contributed by atoms with Gasteiger partial charge in [-0.1, -0.05) is 45.7 Å². The minimum Gasteiger partial charge on any atom is -0.371 e. The Kier molecular flexibility index (Phi) is 6.00. The van der Waals surface area contributed by atoms with Gasteiger partial charge in [-0.15, -0.1) is 0 Å². The Bertz CT molecular complexity index is 715. The number of aromatic nitrogens is 1. The highest BCUT2D eigenvalue weighted by Gasteiger charge is 2.17. The molecule has 1 aliphatic heterocycles. The van der Waals surface area contributed by atoms with E-state index in [2.05, 4.69) is 26.2 Å². The van der Waals surface area contributed by atoms with Gasteiger partial charge in [0.25, 0.3) is 0 Å². The maximum atomic E-state index is 12.3. The number of ketones is 1. The fourth-order valence-corrected chi connectivity index (χ4v) is 3.35. The van der Waals surface area contributed by atoms with Crippen molar-refractivity contribution < 1.29 is 9.53 Å². The van der Waals surface area contributed by atoms with Gasteiger partial charge in [0.1, 0.15) is 10.9 Å². The van der Waals surface area contributed by atoms with Crippen molar-refractivity contribution in [2.24, 2.45) is 0 Å². The summed E-state index contributed by atoms with van der Waals surface area (Å²) < 4.78 is 6.70. The number of Topliss-reactive ketones (excluding diaryl/α,β-unsaturated/α-hetero) is 1. The number of carbonyl (C=O) groups excluding carboxylic acids is 1.